The zero-order valence-corrected chi connectivity index (χ0v) is 13.0. The van der Waals surface area contributed by atoms with Crippen LogP contribution in [0, 0.1) is 0 Å². The fourth-order valence-electron chi connectivity index (χ4n) is 2.50. The SMILES string of the molecule is NN=Cc1ccc2cc(C=Cc3ccc(C(N)=O)cc3)ccc2c1. The van der Waals surface area contributed by atoms with E-state index in [0.717, 1.165) is 27.5 Å². The van der Waals surface area contributed by atoms with E-state index in [1.54, 1.807) is 18.3 Å². The molecule has 0 unspecified atom stereocenters. The highest BCUT2D eigenvalue weighted by atomic mass is 16.1. The van der Waals surface area contributed by atoms with Gasteiger partial charge in [-0.1, -0.05) is 48.6 Å². The zero-order chi connectivity index (χ0) is 16.9. The van der Waals surface area contributed by atoms with E-state index in [0.29, 0.717) is 5.56 Å². The standard InChI is InChI=1S/C20H17N3O/c21-20(24)17-7-3-14(4-8-17)1-2-15-5-9-19-12-16(13-23-22)6-10-18(19)11-15/h1-13H,22H2,(H2,21,24). The third-order valence-corrected chi connectivity index (χ3v) is 3.78. The van der Waals surface area contributed by atoms with E-state index in [-0.39, 0.29) is 0 Å². The van der Waals surface area contributed by atoms with Crippen molar-refractivity contribution < 1.29 is 4.79 Å². The fraction of sp³-hybridized carbons (Fsp3) is 0. The van der Waals surface area contributed by atoms with Crippen LogP contribution in [0.1, 0.15) is 27.0 Å². The number of primary amides is 1. The van der Waals surface area contributed by atoms with Gasteiger partial charge in [-0.25, -0.2) is 0 Å². The summed E-state index contributed by atoms with van der Waals surface area (Å²) >= 11 is 0. The molecule has 3 aromatic rings. The van der Waals surface area contributed by atoms with Gasteiger partial charge < -0.3 is 11.6 Å². The molecule has 118 valence electrons. The predicted molar refractivity (Wildman–Crippen MR) is 99.6 cm³/mol. The van der Waals surface area contributed by atoms with E-state index >= 15 is 0 Å². The van der Waals surface area contributed by atoms with Gasteiger partial charge in [0, 0.05) is 5.56 Å². The van der Waals surface area contributed by atoms with Crippen LogP contribution in [0.3, 0.4) is 0 Å². The van der Waals surface area contributed by atoms with Gasteiger partial charge in [-0.15, -0.1) is 0 Å². The van der Waals surface area contributed by atoms with Crippen molar-refractivity contribution in [1.29, 1.82) is 0 Å². The molecule has 0 bridgehead atoms. The Hall–Kier alpha value is -3.40. The molecule has 3 aromatic carbocycles. The van der Waals surface area contributed by atoms with Crippen LogP contribution in [0.2, 0.25) is 0 Å². The topological polar surface area (TPSA) is 81.5 Å². The summed E-state index contributed by atoms with van der Waals surface area (Å²) in [5.74, 6) is 4.77. The Kier molecular flexibility index (Phi) is 4.38. The summed E-state index contributed by atoms with van der Waals surface area (Å²) < 4.78 is 0. The molecule has 4 nitrogen and oxygen atoms in total. The van der Waals surface area contributed by atoms with Crippen molar-refractivity contribution in [2.75, 3.05) is 0 Å². The zero-order valence-electron chi connectivity index (χ0n) is 13.0. The summed E-state index contributed by atoms with van der Waals surface area (Å²) in [4.78, 5) is 11.1. The Morgan fingerprint density at radius 3 is 1.96 bits per heavy atom. The summed E-state index contributed by atoms with van der Waals surface area (Å²) in [6, 6.07) is 19.5. The first-order valence-corrected chi connectivity index (χ1v) is 7.51. The molecule has 1 amide bonds. The molecule has 4 N–H and O–H groups in total. The maximum Gasteiger partial charge on any atom is 0.248 e. The number of benzene rings is 3. The molecule has 0 fully saturated rings. The number of amides is 1. The largest absolute Gasteiger partial charge is 0.366 e. The molecule has 0 saturated heterocycles. The highest BCUT2D eigenvalue weighted by Crippen LogP contribution is 2.19. The van der Waals surface area contributed by atoms with Gasteiger partial charge in [-0.2, -0.15) is 5.10 Å². The number of hydrogen-bond acceptors (Lipinski definition) is 3. The molecule has 24 heavy (non-hydrogen) atoms. The second kappa shape index (κ2) is 6.79. The lowest BCUT2D eigenvalue weighted by Crippen LogP contribution is -2.10. The van der Waals surface area contributed by atoms with Crippen LogP contribution in [0.5, 0.6) is 0 Å². The van der Waals surface area contributed by atoms with Crippen molar-refractivity contribution >= 4 is 35.0 Å². The third-order valence-electron chi connectivity index (χ3n) is 3.78. The molecule has 0 heterocycles. The molecular formula is C20H17N3O. The molecule has 0 aromatic heterocycles. The minimum Gasteiger partial charge on any atom is -0.366 e. The van der Waals surface area contributed by atoms with Gasteiger partial charge in [0.25, 0.3) is 0 Å². The molecule has 0 atom stereocenters. The summed E-state index contributed by atoms with van der Waals surface area (Å²) in [6.45, 7) is 0. The number of nitrogens with zero attached hydrogens (tertiary/aromatic N) is 1. The smallest absolute Gasteiger partial charge is 0.248 e. The van der Waals surface area contributed by atoms with E-state index in [9.17, 15) is 4.79 Å². The number of hydrazone groups is 1. The second-order valence-electron chi connectivity index (χ2n) is 5.46. The Morgan fingerprint density at radius 1 is 0.792 bits per heavy atom. The quantitative estimate of drug-likeness (QED) is 0.335. The van der Waals surface area contributed by atoms with Crippen LogP contribution in [0.25, 0.3) is 22.9 Å². The van der Waals surface area contributed by atoms with Crippen molar-refractivity contribution in [3.8, 4) is 0 Å². The Bertz CT molecular complexity index is 941. The lowest BCUT2D eigenvalue weighted by molar-refractivity contribution is 0.100. The van der Waals surface area contributed by atoms with Crippen molar-refractivity contribution in [3.63, 3.8) is 0 Å². The first-order valence-electron chi connectivity index (χ1n) is 7.51. The summed E-state index contributed by atoms with van der Waals surface area (Å²) in [6.07, 6.45) is 5.67. The average molecular weight is 315 g/mol. The van der Waals surface area contributed by atoms with Gasteiger partial charge in [0.05, 0.1) is 6.21 Å². The van der Waals surface area contributed by atoms with E-state index < -0.39 is 5.91 Å². The van der Waals surface area contributed by atoms with Gasteiger partial charge in [-0.3, -0.25) is 4.79 Å². The monoisotopic (exact) mass is 315 g/mol. The van der Waals surface area contributed by atoms with E-state index in [4.69, 9.17) is 11.6 Å². The highest BCUT2D eigenvalue weighted by Gasteiger charge is 1.99. The number of carbonyl (C=O) groups excluding carboxylic acids is 1. The number of rotatable bonds is 4. The number of carbonyl (C=O) groups is 1. The van der Waals surface area contributed by atoms with Crippen LogP contribution in [0.15, 0.2) is 65.8 Å². The summed E-state index contributed by atoms with van der Waals surface area (Å²) in [5, 5.41) is 5.83. The first kappa shape index (κ1) is 15.5. The number of fused-ring (bicyclic) bond motifs is 1. The summed E-state index contributed by atoms with van der Waals surface area (Å²) in [5.41, 5.74) is 8.83. The first-order chi connectivity index (χ1) is 11.7. The lowest BCUT2D eigenvalue weighted by atomic mass is 10.0. The van der Waals surface area contributed by atoms with Crippen molar-refractivity contribution in [2.24, 2.45) is 16.7 Å². The molecule has 0 saturated carbocycles. The minimum atomic E-state index is -0.417. The maximum absolute atomic E-state index is 11.1. The van der Waals surface area contributed by atoms with E-state index in [1.165, 1.54) is 0 Å². The minimum absolute atomic E-state index is 0.417. The fourth-order valence-corrected chi connectivity index (χ4v) is 2.50. The van der Waals surface area contributed by atoms with Crippen molar-refractivity contribution in [2.45, 2.75) is 0 Å². The van der Waals surface area contributed by atoms with Gasteiger partial charge in [0.15, 0.2) is 0 Å². The van der Waals surface area contributed by atoms with Crippen LogP contribution in [0.4, 0.5) is 0 Å². The highest BCUT2D eigenvalue weighted by molar-refractivity contribution is 5.93. The average Bonchev–Trinajstić information content (AvgIpc) is 2.60. The molecule has 0 aliphatic rings. The van der Waals surface area contributed by atoms with Gasteiger partial charge >= 0.3 is 0 Å². The van der Waals surface area contributed by atoms with Gasteiger partial charge in [-0.05, 0) is 51.7 Å². The number of hydrogen-bond donors (Lipinski definition) is 2. The van der Waals surface area contributed by atoms with Crippen LogP contribution < -0.4 is 11.6 Å². The number of nitrogens with two attached hydrogens (primary N) is 2. The molecule has 0 spiro atoms. The van der Waals surface area contributed by atoms with E-state index in [1.807, 2.05) is 42.5 Å². The van der Waals surface area contributed by atoms with E-state index in [2.05, 4.69) is 23.3 Å². The molecule has 0 aliphatic heterocycles. The third kappa shape index (κ3) is 3.50. The molecule has 3 rings (SSSR count). The molecule has 0 radical (unpaired) electrons. The Morgan fingerprint density at radius 2 is 1.33 bits per heavy atom. The molecule has 0 aliphatic carbocycles. The van der Waals surface area contributed by atoms with Gasteiger partial charge in [0.2, 0.25) is 5.91 Å². The lowest BCUT2D eigenvalue weighted by Gasteiger charge is -2.02. The van der Waals surface area contributed by atoms with Crippen molar-refractivity contribution in [1.82, 2.24) is 0 Å². The van der Waals surface area contributed by atoms with Crippen LogP contribution >= 0.6 is 0 Å². The Labute approximate surface area is 140 Å². The molecule has 4 heteroatoms. The second-order valence-corrected chi connectivity index (χ2v) is 5.46. The summed E-state index contributed by atoms with van der Waals surface area (Å²) in [7, 11) is 0. The van der Waals surface area contributed by atoms with Crippen molar-refractivity contribution in [3.05, 3.63) is 82.9 Å². The Balaban J connectivity index is 1.84. The molecular weight excluding hydrogens is 298 g/mol. The van der Waals surface area contributed by atoms with Gasteiger partial charge in [0.1, 0.15) is 0 Å². The van der Waals surface area contributed by atoms with Crippen LogP contribution in [-0.4, -0.2) is 12.1 Å². The predicted octanol–water partition coefficient (Wildman–Crippen LogP) is 3.40. The normalized spacial score (nSPS) is 11.5. The maximum atomic E-state index is 11.1. The van der Waals surface area contributed by atoms with Crippen LogP contribution in [-0.2, 0) is 0 Å².